The van der Waals surface area contributed by atoms with Crippen LogP contribution in [0, 0.1) is 5.92 Å². The summed E-state index contributed by atoms with van der Waals surface area (Å²) >= 11 is 0. The zero-order valence-electron chi connectivity index (χ0n) is 13.2. The molecule has 1 heterocycles. The average Bonchev–Trinajstić information content (AvgIpc) is 2.79. The van der Waals surface area contributed by atoms with Gasteiger partial charge < -0.3 is 5.32 Å². The van der Waals surface area contributed by atoms with Crippen LogP contribution in [0.25, 0.3) is 0 Å². The van der Waals surface area contributed by atoms with Crippen LogP contribution in [0.5, 0.6) is 0 Å². The molecule has 120 valence electrons. The monoisotopic (exact) mass is 316 g/mol. The molecule has 1 N–H and O–H groups in total. The summed E-state index contributed by atoms with van der Waals surface area (Å²) in [5.41, 5.74) is 0.913. The molecule has 1 atom stereocenters. The summed E-state index contributed by atoms with van der Waals surface area (Å²) in [6, 6.07) is -0.173. The van der Waals surface area contributed by atoms with E-state index < -0.39 is 10.0 Å². The highest BCUT2D eigenvalue weighted by molar-refractivity contribution is 7.89. The van der Waals surface area contributed by atoms with E-state index in [1.165, 1.54) is 14.1 Å². The summed E-state index contributed by atoms with van der Waals surface area (Å²) in [5, 5.41) is 6.98. The molecular weight excluding hydrogens is 292 g/mol. The lowest BCUT2D eigenvalue weighted by Crippen LogP contribution is -2.34. The van der Waals surface area contributed by atoms with Crippen molar-refractivity contribution < 1.29 is 13.2 Å². The maximum absolute atomic E-state index is 12.0. The van der Waals surface area contributed by atoms with Crippen LogP contribution in [0.1, 0.15) is 31.9 Å². The van der Waals surface area contributed by atoms with Gasteiger partial charge in [0.25, 0.3) is 0 Å². The molecule has 0 bridgehead atoms. The molecule has 21 heavy (non-hydrogen) atoms. The predicted molar refractivity (Wildman–Crippen MR) is 81.0 cm³/mol. The van der Waals surface area contributed by atoms with E-state index in [4.69, 9.17) is 0 Å². The van der Waals surface area contributed by atoms with Gasteiger partial charge in [-0.25, -0.2) is 12.7 Å². The summed E-state index contributed by atoms with van der Waals surface area (Å²) in [6.07, 6.45) is 3.51. The Morgan fingerprint density at radius 3 is 2.48 bits per heavy atom. The molecule has 0 aromatic carbocycles. The van der Waals surface area contributed by atoms with Gasteiger partial charge in [0.2, 0.25) is 15.9 Å². The fourth-order valence-corrected chi connectivity index (χ4v) is 2.69. The molecule has 0 spiro atoms. The van der Waals surface area contributed by atoms with Crippen LogP contribution in [0.4, 0.5) is 0 Å². The normalized spacial score (nSPS) is 13.7. The zero-order valence-corrected chi connectivity index (χ0v) is 14.0. The Balaban J connectivity index is 2.67. The van der Waals surface area contributed by atoms with Crippen molar-refractivity contribution in [3.8, 4) is 0 Å². The number of hydrogen-bond acceptors (Lipinski definition) is 4. The van der Waals surface area contributed by atoms with Crippen molar-refractivity contribution in [1.29, 1.82) is 0 Å². The second kappa shape index (κ2) is 7.04. The topological polar surface area (TPSA) is 84.3 Å². The van der Waals surface area contributed by atoms with Crippen molar-refractivity contribution >= 4 is 15.9 Å². The molecule has 0 aliphatic heterocycles. The van der Waals surface area contributed by atoms with Crippen molar-refractivity contribution in [3.05, 3.63) is 18.0 Å². The van der Waals surface area contributed by atoms with E-state index in [2.05, 4.69) is 10.4 Å². The molecule has 1 amide bonds. The van der Waals surface area contributed by atoms with Crippen LogP contribution >= 0.6 is 0 Å². The van der Waals surface area contributed by atoms with Gasteiger partial charge in [0.1, 0.15) is 0 Å². The van der Waals surface area contributed by atoms with E-state index in [-0.39, 0.29) is 30.0 Å². The molecule has 1 rings (SSSR count). The molecule has 0 aliphatic carbocycles. The molecular formula is C13H24N4O3S. The van der Waals surface area contributed by atoms with Crippen molar-refractivity contribution in [2.75, 3.05) is 19.8 Å². The zero-order chi connectivity index (χ0) is 16.2. The lowest BCUT2D eigenvalue weighted by molar-refractivity contribution is -0.121. The number of carbonyl (C=O) groups excluding carboxylic acids is 1. The van der Waals surface area contributed by atoms with Crippen molar-refractivity contribution in [1.82, 2.24) is 19.4 Å². The highest BCUT2D eigenvalue weighted by atomic mass is 32.2. The predicted octanol–water partition coefficient (Wildman–Crippen LogP) is 0.515. The quantitative estimate of drug-likeness (QED) is 0.794. The minimum atomic E-state index is -3.35. The van der Waals surface area contributed by atoms with Crippen LogP contribution in [0.15, 0.2) is 12.4 Å². The lowest BCUT2D eigenvalue weighted by Gasteiger charge is -2.21. The molecule has 1 unspecified atom stereocenters. The number of carbonyl (C=O) groups is 1. The van der Waals surface area contributed by atoms with Crippen molar-refractivity contribution in [2.24, 2.45) is 13.0 Å². The lowest BCUT2D eigenvalue weighted by atomic mass is 9.98. The summed E-state index contributed by atoms with van der Waals surface area (Å²) in [7, 11) is 1.37. The van der Waals surface area contributed by atoms with E-state index in [0.29, 0.717) is 0 Å². The van der Waals surface area contributed by atoms with Crippen molar-refractivity contribution in [2.45, 2.75) is 26.3 Å². The van der Waals surface area contributed by atoms with Crippen LogP contribution in [-0.4, -0.2) is 48.3 Å². The second-order valence-corrected chi connectivity index (χ2v) is 7.89. The Morgan fingerprint density at radius 2 is 2.05 bits per heavy atom. The SMILES string of the molecule is CC(C)C(NC(=O)CCS(=O)(=O)N(C)C)c1cnn(C)c1. The first-order chi connectivity index (χ1) is 9.63. The summed E-state index contributed by atoms with van der Waals surface area (Å²) in [6.45, 7) is 3.99. The first-order valence-corrected chi connectivity index (χ1v) is 8.42. The molecule has 0 fully saturated rings. The number of aromatic nitrogens is 2. The Hall–Kier alpha value is -1.41. The second-order valence-electron chi connectivity index (χ2n) is 5.58. The third kappa shape index (κ3) is 5.13. The first-order valence-electron chi connectivity index (χ1n) is 6.81. The molecule has 0 aliphatic rings. The maximum Gasteiger partial charge on any atom is 0.221 e. The summed E-state index contributed by atoms with van der Waals surface area (Å²) in [5.74, 6) is -0.282. The Kier molecular flexibility index (Phi) is 5.91. The summed E-state index contributed by atoms with van der Waals surface area (Å²) in [4.78, 5) is 12.0. The number of sulfonamides is 1. The van der Waals surface area contributed by atoms with Crippen molar-refractivity contribution in [3.63, 3.8) is 0 Å². The van der Waals surface area contributed by atoms with Gasteiger partial charge in [-0.15, -0.1) is 0 Å². The molecule has 1 aromatic rings. The van der Waals surface area contributed by atoms with Gasteiger partial charge in [-0.2, -0.15) is 5.10 Å². The number of rotatable bonds is 7. The van der Waals surface area contributed by atoms with Gasteiger partial charge >= 0.3 is 0 Å². The number of nitrogens with zero attached hydrogens (tertiary/aromatic N) is 3. The Morgan fingerprint density at radius 1 is 1.43 bits per heavy atom. The largest absolute Gasteiger partial charge is 0.349 e. The van der Waals surface area contributed by atoms with E-state index in [9.17, 15) is 13.2 Å². The number of amides is 1. The fourth-order valence-electron chi connectivity index (χ4n) is 1.89. The van der Waals surface area contributed by atoms with E-state index >= 15 is 0 Å². The molecule has 0 saturated carbocycles. The Labute approximate surface area is 126 Å². The van der Waals surface area contributed by atoms with Crippen LogP contribution in [-0.2, 0) is 21.9 Å². The number of hydrogen-bond donors (Lipinski definition) is 1. The van der Waals surface area contributed by atoms with Crippen LogP contribution in [0.2, 0.25) is 0 Å². The maximum atomic E-state index is 12.0. The average molecular weight is 316 g/mol. The van der Waals surface area contributed by atoms with Crippen LogP contribution in [0.3, 0.4) is 0 Å². The van der Waals surface area contributed by atoms with E-state index in [1.54, 1.807) is 10.9 Å². The minimum Gasteiger partial charge on any atom is -0.349 e. The van der Waals surface area contributed by atoms with Gasteiger partial charge in [0, 0.05) is 39.3 Å². The van der Waals surface area contributed by atoms with Gasteiger partial charge in [0.15, 0.2) is 0 Å². The third-order valence-corrected chi connectivity index (χ3v) is 5.04. The Bertz CT molecular complexity index is 578. The molecule has 0 saturated heterocycles. The molecule has 7 nitrogen and oxygen atoms in total. The minimum absolute atomic E-state index is 0.0516. The number of aryl methyl sites for hydroxylation is 1. The van der Waals surface area contributed by atoms with Gasteiger partial charge in [0.05, 0.1) is 18.0 Å². The molecule has 8 heteroatoms. The van der Waals surface area contributed by atoms with Gasteiger partial charge in [-0.3, -0.25) is 9.48 Å². The molecule has 1 aromatic heterocycles. The summed E-state index contributed by atoms with van der Waals surface area (Å²) < 4.78 is 26.1. The van der Waals surface area contributed by atoms with Crippen LogP contribution < -0.4 is 5.32 Å². The third-order valence-electron chi connectivity index (χ3n) is 3.21. The van der Waals surface area contributed by atoms with E-state index in [1.807, 2.05) is 27.1 Å². The molecule has 0 radical (unpaired) electrons. The smallest absolute Gasteiger partial charge is 0.221 e. The first kappa shape index (κ1) is 17.6. The fraction of sp³-hybridized carbons (Fsp3) is 0.692. The highest BCUT2D eigenvalue weighted by Crippen LogP contribution is 2.21. The standard InChI is InChI=1S/C13H24N4O3S/c1-10(2)13(11-8-14-17(5)9-11)15-12(18)6-7-21(19,20)16(3)4/h8-10,13H,6-7H2,1-5H3,(H,15,18). The highest BCUT2D eigenvalue weighted by Gasteiger charge is 2.21. The van der Waals surface area contributed by atoms with E-state index in [0.717, 1.165) is 9.87 Å². The number of nitrogens with one attached hydrogen (secondary N) is 1. The van der Waals surface area contributed by atoms with Gasteiger partial charge in [-0.05, 0) is 5.92 Å². The van der Waals surface area contributed by atoms with Gasteiger partial charge in [-0.1, -0.05) is 13.8 Å².